The standard InChI is InChI=1S/C11H8N4/c1-2-6-10-9(5-1)13-14-15(10)11-7-3-4-8-12-11/h1-8H/i12+1,13+1,15+1. The van der Waals surface area contributed by atoms with Crippen LogP contribution in [0, 0.1) is 0 Å². The molecule has 0 amide bonds. The van der Waals surface area contributed by atoms with Crippen LogP contribution < -0.4 is 0 Å². The van der Waals surface area contributed by atoms with Crippen molar-refractivity contribution in [1.29, 1.82) is 0 Å². The Bertz CT molecular complexity index is 586. The van der Waals surface area contributed by atoms with Crippen molar-refractivity contribution in [3.05, 3.63) is 48.7 Å². The number of fused-ring (bicyclic) bond motifs is 1. The number of para-hydroxylation sites is 1. The summed E-state index contributed by atoms with van der Waals surface area (Å²) >= 11 is 0. The molecule has 0 saturated carbocycles. The van der Waals surface area contributed by atoms with Gasteiger partial charge in [0.25, 0.3) is 0 Å². The molecule has 0 atom stereocenters. The van der Waals surface area contributed by atoms with Crippen molar-refractivity contribution in [3.63, 3.8) is 0 Å². The van der Waals surface area contributed by atoms with E-state index in [-0.39, 0.29) is 0 Å². The van der Waals surface area contributed by atoms with Gasteiger partial charge >= 0.3 is 0 Å². The number of benzene rings is 1. The van der Waals surface area contributed by atoms with Gasteiger partial charge in [-0.15, -0.1) is 5.10 Å². The zero-order valence-corrected chi connectivity index (χ0v) is 7.91. The monoisotopic (exact) mass is 199 g/mol. The van der Waals surface area contributed by atoms with Crippen LogP contribution in [0.15, 0.2) is 48.7 Å². The molecular weight excluding hydrogens is 191 g/mol. The maximum Gasteiger partial charge on any atom is 0.155 e. The highest BCUT2D eigenvalue weighted by Crippen LogP contribution is 2.13. The normalized spacial score (nSPS) is 10.7. The van der Waals surface area contributed by atoms with Gasteiger partial charge in [-0.3, -0.25) is 0 Å². The summed E-state index contributed by atoms with van der Waals surface area (Å²) in [7, 11) is 0. The predicted octanol–water partition coefficient (Wildman–Crippen LogP) is 1.82. The fraction of sp³-hybridized carbons (Fsp3) is 0. The van der Waals surface area contributed by atoms with Gasteiger partial charge in [0.1, 0.15) is 5.52 Å². The largest absolute Gasteiger partial charge is 0.237 e. The van der Waals surface area contributed by atoms with Crippen molar-refractivity contribution in [2.45, 2.75) is 0 Å². The van der Waals surface area contributed by atoms with Gasteiger partial charge in [0.05, 0.1) is 5.52 Å². The van der Waals surface area contributed by atoms with E-state index >= 15 is 0 Å². The maximum atomic E-state index is 4.23. The van der Waals surface area contributed by atoms with Crippen molar-refractivity contribution >= 4 is 11.0 Å². The number of nitrogens with zero attached hydrogens (tertiary/aromatic N) is 4. The van der Waals surface area contributed by atoms with Gasteiger partial charge in [-0.05, 0) is 24.3 Å². The number of pyridine rings is 1. The number of hydrogen-bond donors (Lipinski definition) is 0. The fourth-order valence-corrected chi connectivity index (χ4v) is 1.52. The number of aromatic nitrogens is 4. The van der Waals surface area contributed by atoms with E-state index in [9.17, 15) is 0 Å². The van der Waals surface area contributed by atoms with Crippen LogP contribution in [0.4, 0.5) is 0 Å². The molecule has 4 nitrogen and oxygen atoms in total. The zero-order chi connectivity index (χ0) is 10.1. The molecule has 72 valence electrons. The number of hydrogen-bond acceptors (Lipinski definition) is 3. The predicted molar refractivity (Wildman–Crippen MR) is 56.7 cm³/mol. The van der Waals surface area contributed by atoms with Crippen LogP contribution in [0.2, 0.25) is 0 Å². The second-order valence-electron chi connectivity index (χ2n) is 3.18. The minimum atomic E-state index is 0.784. The van der Waals surface area contributed by atoms with E-state index < -0.39 is 0 Å². The summed E-state index contributed by atoms with van der Waals surface area (Å²) in [4.78, 5) is 4.23. The van der Waals surface area contributed by atoms with Crippen LogP contribution in [0.5, 0.6) is 0 Å². The molecule has 0 spiro atoms. The van der Waals surface area contributed by atoms with Crippen LogP contribution in [0.25, 0.3) is 16.9 Å². The lowest BCUT2D eigenvalue weighted by Crippen LogP contribution is -1.98. The Balaban J connectivity index is 2.28. The average molecular weight is 199 g/mol. The van der Waals surface area contributed by atoms with E-state index in [4.69, 9.17) is 0 Å². The van der Waals surface area contributed by atoms with Crippen LogP contribution >= 0.6 is 0 Å². The van der Waals surface area contributed by atoms with Crippen LogP contribution in [0.1, 0.15) is 0 Å². The van der Waals surface area contributed by atoms with Gasteiger partial charge in [-0.1, -0.05) is 23.4 Å². The molecule has 0 aliphatic heterocycles. The van der Waals surface area contributed by atoms with E-state index in [1.54, 1.807) is 10.9 Å². The molecule has 1 aromatic carbocycles. The SMILES string of the molecule is c1ccc(-[15n]2n[15n]c3ccccc32)[15n]c1. The van der Waals surface area contributed by atoms with Crippen molar-refractivity contribution in [1.82, 2.24) is 20.0 Å². The first-order chi connectivity index (χ1) is 7.45. The van der Waals surface area contributed by atoms with Gasteiger partial charge in [0.15, 0.2) is 5.82 Å². The molecule has 4 heteroatoms. The Hall–Kier alpha value is -2.23. The van der Waals surface area contributed by atoms with E-state index in [1.165, 1.54) is 0 Å². The molecule has 2 aromatic heterocycles. The molecule has 0 aliphatic carbocycles. The van der Waals surface area contributed by atoms with Crippen LogP contribution in [-0.4, -0.2) is 20.0 Å². The summed E-state index contributed by atoms with van der Waals surface area (Å²) in [5.74, 6) is 0.784. The van der Waals surface area contributed by atoms with Crippen LogP contribution in [-0.2, 0) is 0 Å². The highest BCUT2D eigenvalue weighted by molar-refractivity contribution is 5.75. The lowest BCUT2D eigenvalue weighted by molar-refractivity contribution is 0.801. The topological polar surface area (TPSA) is 43.6 Å². The summed E-state index contributed by atoms with van der Waals surface area (Å²) in [6.45, 7) is 0. The minimum Gasteiger partial charge on any atom is -0.237 e. The fourth-order valence-electron chi connectivity index (χ4n) is 1.52. The summed E-state index contributed by atoms with van der Waals surface area (Å²) in [6.07, 6.45) is 1.74. The molecule has 2 heterocycles. The average Bonchev–Trinajstić information content (AvgIpc) is 2.74. The Morgan fingerprint density at radius 3 is 2.67 bits per heavy atom. The Morgan fingerprint density at radius 2 is 1.80 bits per heavy atom. The minimum absolute atomic E-state index is 0.784. The smallest absolute Gasteiger partial charge is 0.155 e. The van der Waals surface area contributed by atoms with Gasteiger partial charge in [-0.25, -0.2) is 4.98 Å². The third kappa shape index (κ3) is 1.27. The molecule has 0 unspecified atom stereocenters. The van der Waals surface area contributed by atoms with Crippen molar-refractivity contribution in [2.75, 3.05) is 0 Å². The highest BCUT2D eigenvalue weighted by atomic mass is 16.1. The Labute approximate surface area is 86.2 Å². The molecule has 0 bridgehead atoms. The third-order valence-electron chi connectivity index (χ3n) is 2.22. The van der Waals surface area contributed by atoms with E-state index in [0.717, 1.165) is 16.9 Å². The first-order valence-electron chi connectivity index (χ1n) is 4.67. The molecular formula is C11H8N4. The molecule has 0 saturated heterocycles. The maximum absolute atomic E-state index is 4.23. The van der Waals surface area contributed by atoms with E-state index in [1.807, 2.05) is 42.5 Å². The Kier molecular flexibility index (Phi) is 1.71. The summed E-state index contributed by atoms with van der Waals surface area (Å²) in [5.41, 5.74) is 1.85. The van der Waals surface area contributed by atoms with Crippen LogP contribution in [0.3, 0.4) is 0 Å². The summed E-state index contributed by atoms with van der Waals surface area (Å²) in [5, 5.41) is 8.14. The molecule has 0 aliphatic rings. The third-order valence-corrected chi connectivity index (χ3v) is 2.22. The first kappa shape index (κ1) is 8.11. The summed E-state index contributed by atoms with van der Waals surface area (Å²) < 4.78 is 1.73. The molecule has 0 fully saturated rings. The van der Waals surface area contributed by atoms with Gasteiger partial charge in [-0.2, -0.15) is 4.68 Å². The zero-order valence-electron chi connectivity index (χ0n) is 7.91. The lowest BCUT2D eigenvalue weighted by atomic mass is 10.3. The molecule has 3 aromatic rings. The highest BCUT2D eigenvalue weighted by Gasteiger charge is 2.04. The van der Waals surface area contributed by atoms with Crippen molar-refractivity contribution in [3.8, 4) is 5.82 Å². The summed E-state index contributed by atoms with van der Waals surface area (Å²) in [6, 6.07) is 13.5. The van der Waals surface area contributed by atoms with Gasteiger partial charge in [0.2, 0.25) is 0 Å². The molecule has 0 radical (unpaired) electrons. The molecule has 3 rings (SSSR count). The van der Waals surface area contributed by atoms with Crippen molar-refractivity contribution < 1.29 is 0 Å². The van der Waals surface area contributed by atoms with Gasteiger partial charge < -0.3 is 0 Å². The first-order valence-corrected chi connectivity index (χ1v) is 4.67. The second-order valence-corrected chi connectivity index (χ2v) is 3.18. The van der Waals surface area contributed by atoms with Gasteiger partial charge in [0, 0.05) is 6.20 Å². The number of rotatable bonds is 1. The van der Waals surface area contributed by atoms with E-state index in [2.05, 4.69) is 15.3 Å². The second kappa shape index (κ2) is 3.16. The van der Waals surface area contributed by atoms with E-state index in [0.29, 0.717) is 0 Å². The van der Waals surface area contributed by atoms with Crippen molar-refractivity contribution in [2.24, 2.45) is 0 Å². The Morgan fingerprint density at radius 1 is 0.933 bits per heavy atom. The molecule has 0 N–H and O–H groups in total. The lowest BCUT2D eigenvalue weighted by Gasteiger charge is -1.98. The quantitative estimate of drug-likeness (QED) is 0.600. The molecule has 15 heavy (non-hydrogen) atoms.